The molecule has 0 bridgehead atoms. The quantitative estimate of drug-likeness (QED) is 0.852. The van der Waals surface area contributed by atoms with Crippen molar-refractivity contribution in [1.82, 2.24) is 9.80 Å². The second-order valence-electron chi connectivity index (χ2n) is 5.05. The maximum absolute atomic E-state index is 12.3. The van der Waals surface area contributed by atoms with Crippen LogP contribution in [0.4, 0.5) is 0 Å². The maximum Gasteiger partial charge on any atom is 0.323 e. The lowest BCUT2D eigenvalue weighted by molar-refractivity contribution is -0.145. The van der Waals surface area contributed by atoms with Crippen LogP contribution in [0.1, 0.15) is 17.3 Å². The van der Waals surface area contributed by atoms with Crippen LogP contribution in [0.15, 0.2) is 16.8 Å². The Morgan fingerprint density at radius 1 is 1.50 bits per heavy atom. The van der Waals surface area contributed by atoms with Gasteiger partial charge in [0.2, 0.25) is 5.91 Å². The van der Waals surface area contributed by atoms with E-state index in [9.17, 15) is 14.4 Å². The van der Waals surface area contributed by atoms with Crippen molar-refractivity contribution in [1.29, 1.82) is 0 Å². The van der Waals surface area contributed by atoms with Gasteiger partial charge >= 0.3 is 5.97 Å². The van der Waals surface area contributed by atoms with Gasteiger partial charge in [-0.1, -0.05) is 0 Å². The number of aliphatic carboxylic acids is 1. The lowest BCUT2D eigenvalue weighted by Gasteiger charge is -2.35. The van der Waals surface area contributed by atoms with E-state index in [1.165, 1.54) is 23.2 Å². The molecule has 1 aromatic rings. The number of carbonyl (C=O) groups is 3. The van der Waals surface area contributed by atoms with E-state index in [-0.39, 0.29) is 31.0 Å². The number of nitrogens with zero attached hydrogens (tertiary/aromatic N) is 2. The Balaban J connectivity index is 1.96. The Morgan fingerprint density at radius 2 is 2.27 bits per heavy atom. The molecule has 1 aliphatic rings. The Morgan fingerprint density at radius 3 is 2.86 bits per heavy atom. The number of hydrogen-bond donors (Lipinski definition) is 1. The largest absolute Gasteiger partial charge is 0.480 e. The van der Waals surface area contributed by atoms with E-state index in [4.69, 9.17) is 9.84 Å². The molecule has 1 N–H and O–H groups in total. The van der Waals surface area contributed by atoms with Crippen molar-refractivity contribution in [2.75, 3.05) is 32.8 Å². The van der Waals surface area contributed by atoms with Gasteiger partial charge in [-0.2, -0.15) is 11.3 Å². The molecule has 0 aromatic carbocycles. The van der Waals surface area contributed by atoms with Crippen LogP contribution in [-0.4, -0.2) is 71.6 Å². The fourth-order valence-corrected chi connectivity index (χ4v) is 2.93. The molecule has 22 heavy (non-hydrogen) atoms. The highest BCUT2D eigenvalue weighted by Gasteiger charge is 2.28. The minimum absolute atomic E-state index is 0.0674. The smallest absolute Gasteiger partial charge is 0.323 e. The Labute approximate surface area is 132 Å². The van der Waals surface area contributed by atoms with E-state index in [1.807, 2.05) is 5.38 Å². The van der Waals surface area contributed by atoms with Gasteiger partial charge in [-0.25, -0.2) is 0 Å². The normalized spacial score (nSPS) is 18.0. The number of morpholine rings is 1. The Hall–Kier alpha value is -1.93. The number of carboxylic acids is 1. The first kappa shape index (κ1) is 16.4. The van der Waals surface area contributed by atoms with Crippen molar-refractivity contribution in [3.8, 4) is 0 Å². The fraction of sp³-hybridized carbons (Fsp3) is 0.500. The molecule has 120 valence electrons. The standard InChI is InChI=1S/C14H18N2O5S/c1-10(17)16(8-13(18)19)7-12-6-15(3-4-21-12)14(20)11-2-5-22-9-11/h2,5,9,12H,3-4,6-8H2,1H3,(H,18,19). The van der Waals surface area contributed by atoms with Crippen LogP contribution in [0.3, 0.4) is 0 Å². The maximum atomic E-state index is 12.3. The van der Waals surface area contributed by atoms with Crippen molar-refractivity contribution in [2.24, 2.45) is 0 Å². The Kier molecular flexibility index (Phi) is 5.51. The van der Waals surface area contributed by atoms with Gasteiger partial charge in [-0.3, -0.25) is 14.4 Å². The lowest BCUT2D eigenvalue weighted by Crippen LogP contribution is -2.51. The number of thiophene rings is 1. The van der Waals surface area contributed by atoms with Crippen molar-refractivity contribution in [3.63, 3.8) is 0 Å². The van der Waals surface area contributed by atoms with E-state index in [2.05, 4.69) is 0 Å². The summed E-state index contributed by atoms with van der Waals surface area (Å²) in [5, 5.41) is 12.5. The predicted octanol–water partition coefficient (Wildman–Crippen LogP) is 0.522. The molecule has 0 radical (unpaired) electrons. The van der Waals surface area contributed by atoms with E-state index in [1.54, 1.807) is 16.3 Å². The third kappa shape index (κ3) is 4.28. The summed E-state index contributed by atoms with van der Waals surface area (Å²) in [6.45, 7) is 2.32. The van der Waals surface area contributed by atoms with Crippen LogP contribution < -0.4 is 0 Å². The summed E-state index contributed by atoms with van der Waals surface area (Å²) >= 11 is 1.46. The van der Waals surface area contributed by atoms with Gasteiger partial charge in [-0.15, -0.1) is 0 Å². The zero-order chi connectivity index (χ0) is 16.1. The second-order valence-corrected chi connectivity index (χ2v) is 5.83. The number of carbonyl (C=O) groups excluding carboxylic acids is 2. The first-order valence-electron chi connectivity index (χ1n) is 6.87. The minimum Gasteiger partial charge on any atom is -0.480 e. The third-order valence-electron chi connectivity index (χ3n) is 3.39. The number of amides is 2. The molecule has 0 spiro atoms. The van der Waals surface area contributed by atoms with E-state index in [0.29, 0.717) is 25.3 Å². The zero-order valence-corrected chi connectivity index (χ0v) is 13.0. The molecule has 1 fully saturated rings. The molecule has 8 heteroatoms. The molecular formula is C14H18N2O5S. The number of ether oxygens (including phenoxy) is 1. The molecule has 2 heterocycles. The van der Waals surface area contributed by atoms with Gasteiger partial charge < -0.3 is 19.6 Å². The average molecular weight is 326 g/mol. The number of hydrogen-bond acceptors (Lipinski definition) is 5. The van der Waals surface area contributed by atoms with Crippen LogP contribution >= 0.6 is 11.3 Å². The van der Waals surface area contributed by atoms with Crippen LogP contribution in [0, 0.1) is 0 Å². The number of carboxylic acid groups (broad SMARTS) is 1. The SMILES string of the molecule is CC(=O)N(CC(=O)O)CC1CN(C(=O)c2ccsc2)CCO1. The molecule has 7 nitrogen and oxygen atoms in total. The second kappa shape index (κ2) is 7.37. The highest BCUT2D eigenvalue weighted by Crippen LogP contribution is 2.14. The summed E-state index contributed by atoms with van der Waals surface area (Å²) in [7, 11) is 0. The minimum atomic E-state index is -1.07. The zero-order valence-electron chi connectivity index (χ0n) is 12.2. The molecule has 1 saturated heterocycles. The van der Waals surface area contributed by atoms with Crippen molar-refractivity contribution < 1.29 is 24.2 Å². The summed E-state index contributed by atoms with van der Waals surface area (Å²) < 4.78 is 5.56. The van der Waals surface area contributed by atoms with Crippen LogP contribution in [0.5, 0.6) is 0 Å². The van der Waals surface area contributed by atoms with Crippen molar-refractivity contribution in [3.05, 3.63) is 22.4 Å². The highest BCUT2D eigenvalue weighted by molar-refractivity contribution is 7.08. The fourth-order valence-electron chi connectivity index (χ4n) is 2.30. The first-order chi connectivity index (χ1) is 10.5. The van der Waals surface area contributed by atoms with Crippen molar-refractivity contribution >= 4 is 29.1 Å². The van der Waals surface area contributed by atoms with Gasteiger partial charge in [0.25, 0.3) is 5.91 Å². The molecule has 1 aliphatic heterocycles. The highest BCUT2D eigenvalue weighted by atomic mass is 32.1. The molecule has 0 saturated carbocycles. The average Bonchev–Trinajstić information content (AvgIpc) is 2.99. The topological polar surface area (TPSA) is 87.2 Å². The van der Waals surface area contributed by atoms with Crippen LogP contribution in [-0.2, 0) is 14.3 Å². The number of rotatable bonds is 5. The van der Waals surface area contributed by atoms with Crippen molar-refractivity contribution in [2.45, 2.75) is 13.0 Å². The molecule has 1 atom stereocenters. The van der Waals surface area contributed by atoms with Crippen LogP contribution in [0.25, 0.3) is 0 Å². The molecular weight excluding hydrogens is 308 g/mol. The van der Waals surface area contributed by atoms with Gasteiger partial charge in [0, 0.05) is 31.9 Å². The summed E-state index contributed by atoms with van der Waals surface area (Å²) in [5.41, 5.74) is 0.639. The molecule has 0 aliphatic carbocycles. The summed E-state index contributed by atoms with van der Waals surface area (Å²) in [6.07, 6.45) is -0.375. The molecule has 1 unspecified atom stereocenters. The van der Waals surface area contributed by atoms with Crippen LogP contribution in [0.2, 0.25) is 0 Å². The first-order valence-corrected chi connectivity index (χ1v) is 7.82. The summed E-state index contributed by atoms with van der Waals surface area (Å²) in [5.74, 6) is -1.47. The van der Waals surface area contributed by atoms with Gasteiger partial charge in [-0.05, 0) is 11.4 Å². The van der Waals surface area contributed by atoms with Gasteiger partial charge in [0.15, 0.2) is 0 Å². The van der Waals surface area contributed by atoms with E-state index < -0.39 is 5.97 Å². The monoisotopic (exact) mass is 326 g/mol. The molecule has 1 aromatic heterocycles. The summed E-state index contributed by atoms with van der Waals surface area (Å²) in [6, 6.07) is 1.77. The summed E-state index contributed by atoms with van der Waals surface area (Å²) in [4.78, 5) is 37.5. The van der Waals surface area contributed by atoms with E-state index >= 15 is 0 Å². The molecule has 2 amide bonds. The van der Waals surface area contributed by atoms with Gasteiger partial charge in [0.1, 0.15) is 6.54 Å². The lowest BCUT2D eigenvalue weighted by atomic mass is 10.2. The Bertz CT molecular complexity index is 545. The molecule has 2 rings (SSSR count). The van der Waals surface area contributed by atoms with Gasteiger partial charge in [0.05, 0.1) is 18.3 Å². The van der Waals surface area contributed by atoms with E-state index in [0.717, 1.165) is 0 Å². The predicted molar refractivity (Wildman–Crippen MR) is 79.9 cm³/mol. The third-order valence-corrected chi connectivity index (χ3v) is 4.07.